The average molecular weight is 416 g/mol. The predicted octanol–water partition coefficient (Wildman–Crippen LogP) is 3.71. The second-order valence-electron chi connectivity index (χ2n) is 7.49. The summed E-state index contributed by atoms with van der Waals surface area (Å²) in [6.07, 6.45) is 1.43. The predicted molar refractivity (Wildman–Crippen MR) is 106 cm³/mol. The smallest absolute Gasteiger partial charge is 0.387 e. The number of hydrogen-bond acceptors (Lipinski definition) is 5. The molecule has 0 radical (unpaired) electrons. The fourth-order valence-corrected chi connectivity index (χ4v) is 3.90. The molecule has 0 bridgehead atoms. The average Bonchev–Trinajstić information content (AvgIpc) is 2.73. The highest BCUT2D eigenvalue weighted by atomic mass is 19.3. The lowest BCUT2D eigenvalue weighted by molar-refractivity contribution is -0.118. The molecule has 0 unspecified atom stereocenters. The van der Waals surface area contributed by atoms with Gasteiger partial charge in [-0.1, -0.05) is 12.1 Å². The van der Waals surface area contributed by atoms with Crippen LogP contribution in [-0.2, 0) is 11.3 Å². The van der Waals surface area contributed by atoms with E-state index in [1.54, 1.807) is 30.3 Å². The number of rotatable bonds is 6. The van der Waals surface area contributed by atoms with Gasteiger partial charge in [0, 0.05) is 18.0 Å². The molecule has 2 aliphatic heterocycles. The molecule has 1 fully saturated rings. The molecule has 2 aromatic carbocycles. The van der Waals surface area contributed by atoms with Gasteiger partial charge in [0.15, 0.2) is 12.4 Å². The van der Waals surface area contributed by atoms with E-state index < -0.39 is 6.61 Å². The molecule has 158 valence electrons. The van der Waals surface area contributed by atoms with E-state index in [4.69, 9.17) is 4.74 Å². The number of halogens is 2. The second kappa shape index (κ2) is 8.79. The van der Waals surface area contributed by atoms with Crippen LogP contribution in [0, 0.1) is 5.92 Å². The van der Waals surface area contributed by atoms with E-state index >= 15 is 0 Å². The van der Waals surface area contributed by atoms with Gasteiger partial charge >= 0.3 is 6.61 Å². The molecule has 2 aromatic rings. The fourth-order valence-electron chi connectivity index (χ4n) is 3.90. The third-order valence-electron chi connectivity index (χ3n) is 5.39. The highest BCUT2D eigenvalue weighted by Gasteiger charge is 2.27. The highest BCUT2D eigenvalue weighted by molar-refractivity contribution is 6.01. The van der Waals surface area contributed by atoms with Gasteiger partial charge in [-0.3, -0.25) is 14.5 Å². The Balaban J connectivity index is 1.34. The number of ketones is 1. The van der Waals surface area contributed by atoms with E-state index in [0.717, 1.165) is 18.7 Å². The minimum absolute atomic E-state index is 0.0179. The van der Waals surface area contributed by atoms with Gasteiger partial charge in [-0.25, -0.2) is 0 Å². The van der Waals surface area contributed by atoms with Gasteiger partial charge in [0.05, 0.1) is 5.69 Å². The van der Waals surface area contributed by atoms with Crippen LogP contribution in [0.15, 0.2) is 42.5 Å². The molecule has 1 saturated heterocycles. The van der Waals surface area contributed by atoms with Crippen LogP contribution in [0.2, 0.25) is 0 Å². The Labute approximate surface area is 172 Å². The third-order valence-corrected chi connectivity index (χ3v) is 5.39. The SMILES string of the molecule is O=C1COc2ccc(C(=O)C3CCN(Cc4cccc(OC(F)F)c4)CC3)cc2N1. The normalized spacial score (nSPS) is 17.2. The van der Waals surface area contributed by atoms with E-state index in [-0.39, 0.29) is 30.0 Å². The molecule has 4 rings (SSSR count). The summed E-state index contributed by atoms with van der Waals surface area (Å²) < 4.78 is 34.6. The number of alkyl halides is 2. The van der Waals surface area contributed by atoms with Gasteiger partial charge in [0.25, 0.3) is 5.91 Å². The van der Waals surface area contributed by atoms with Crippen molar-refractivity contribution in [1.29, 1.82) is 0 Å². The standard InChI is InChI=1S/C22H22F2N2O4/c23-22(24)30-17-3-1-2-14(10-17)12-26-8-6-15(7-9-26)21(28)16-4-5-19-18(11-16)25-20(27)13-29-19/h1-5,10-11,15,22H,6-9,12-13H2,(H,25,27). The Kier molecular flexibility index (Phi) is 5.94. The third kappa shape index (κ3) is 4.76. The number of hydrogen-bond donors (Lipinski definition) is 1. The lowest BCUT2D eigenvalue weighted by Crippen LogP contribution is -2.36. The van der Waals surface area contributed by atoms with E-state index in [9.17, 15) is 18.4 Å². The number of amides is 1. The zero-order valence-corrected chi connectivity index (χ0v) is 16.3. The highest BCUT2D eigenvalue weighted by Crippen LogP contribution is 2.31. The molecule has 0 saturated carbocycles. The molecule has 8 heteroatoms. The van der Waals surface area contributed by atoms with Gasteiger partial charge in [-0.2, -0.15) is 8.78 Å². The number of carbonyl (C=O) groups is 2. The zero-order chi connectivity index (χ0) is 21.1. The van der Waals surface area contributed by atoms with Gasteiger partial charge in [-0.05, 0) is 61.8 Å². The van der Waals surface area contributed by atoms with Crippen LogP contribution < -0.4 is 14.8 Å². The molecule has 0 aliphatic carbocycles. The number of Topliss-reactive ketones (excluding diaryl/α,β-unsaturated/α-hetero) is 1. The molecular weight excluding hydrogens is 394 g/mol. The van der Waals surface area contributed by atoms with Crippen molar-refractivity contribution in [1.82, 2.24) is 4.90 Å². The van der Waals surface area contributed by atoms with E-state index in [2.05, 4.69) is 15.0 Å². The van der Waals surface area contributed by atoms with Crippen molar-refractivity contribution in [2.24, 2.45) is 5.92 Å². The van der Waals surface area contributed by atoms with Gasteiger partial charge < -0.3 is 14.8 Å². The maximum absolute atomic E-state index is 12.9. The minimum Gasteiger partial charge on any atom is -0.482 e. The summed E-state index contributed by atoms with van der Waals surface area (Å²) in [5.41, 5.74) is 1.98. The van der Waals surface area contributed by atoms with Crippen molar-refractivity contribution in [3.8, 4) is 11.5 Å². The van der Waals surface area contributed by atoms with Crippen LogP contribution in [-0.4, -0.2) is 42.9 Å². The maximum Gasteiger partial charge on any atom is 0.387 e. The summed E-state index contributed by atoms with van der Waals surface area (Å²) >= 11 is 0. The first kappa shape index (κ1) is 20.3. The summed E-state index contributed by atoms with van der Waals surface area (Å²) in [7, 11) is 0. The summed E-state index contributed by atoms with van der Waals surface area (Å²) in [5.74, 6) is 0.455. The van der Waals surface area contributed by atoms with E-state index in [1.165, 1.54) is 6.07 Å². The lowest BCUT2D eigenvalue weighted by Gasteiger charge is -2.31. The van der Waals surface area contributed by atoms with Gasteiger partial charge in [-0.15, -0.1) is 0 Å². The number of carbonyl (C=O) groups excluding carboxylic acids is 2. The number of likely N-dealkylation sites (tertiary alicyclic amines) is 1. The molecular formula is C22H22F2N2O4. The first-order valence-electron chi connectivity index (χ1n) is 9.85. The van der Waals surface area contributed by atoms with Crippen LogP contribution in [0.1, 0.15) is 28.8 Å². The van der Waals surface area contributed by atoms with Crippen molar-refractivity contribution in [2.75, 3.05) is 25.0 Å². The number of nitrogens with one attached hydrogen (secondary N) is 1. The zero-order valence-electron chi connectivity index (χ0n) is 16.3. The summed E-state index contributed by atoms with van der Waals surface area (Å²) in [4.78, 5) is 26.6. The Hall–Kier alpha value is -3.00. The summed E-state index contributed by atoms with van der Waals surface area (Å²) in [5, 5.41) is 2.73. The first-order chi connectivity index (χ1) is 14.5. The van der Waals surface area contributed by atoms with Gasteiger partial charge in [0.1, 0.15) is 11.5 Å². The molecule has 1 N–H and O–H groups in total. The Morgan fingerprint density at radius 1 is 1.20 bits per heavy atom. The molecule has 0 spiro atoms. The Morgan fingerprint density at radius 2 is 2.00 bits per heavy atom. The number of piperidine rings is 1. The van der Waals surface area contributed by atoms with Crippen LogP contribution in [0.3, 0.4) is 0 Å². The second-order valence-corrected chi connectivity index (χ2v) is 7.49. The van der Waals surface area contributed by atoms with Crippen molar-refractivity contribution < 1.29 is 27.8 Å². The quantitative estimate of drug-likeness (QED) is 0.727. The number of benzene rings is 2. The van der Waals surface area contributed by atoms with Crippen LogP contribution in [0.25, 0.3) is 0 Å². The molecule has 2 aliphatic rings. The topological polar surface area (TPSA) is 67.9 Å². The molecule has 0 aromatic heterocycles. The monoisotopic (exact) mass is 416 g/mol. The molecule has 2 heterocycles. The van der Waals surface area contributed by atoms with Crippen molar-refractivity contribution in [3.05, 3.63) is 53.6 Å². The Morgan fingerprint density at radius 3 is 2.77 bits per heavy atom. The summed E-state index contributed by atoms with van der Waals surface area (Å²) in [6, 6.07) is 11.8. The summed E-state index contributed by atoms with van der Waals surface area (Å²) in [6.45, 7) is -0.771. The minimum atomic E-state index is -2.84. The fraction of sp³-hybridized carbons (Fsp3) is 0.364. The molecule has 6 nitrogen and oxygen atoms in total. The van der Waals surface area contributed by atoms with Crippen molar-refractivity contribution in [2.45, 2.75) is 26.0 Å². The van der Waals surface area contributed by atoms with E-state index in [0.29, 0.717) is 36.4 Å². The van der Waals surface area contributed by atoms with E-state index in [1.807, 2.05) is 6.07 Å². The molecule has 1 amide bonds. The number of anilines is 1. The molecule has 30 heavy (non-hydrogen) atoms. The Bertz CT molecular complexity index is 942. The van der Waals surface area contributed by atoms with Crippen LogP contribution >= 0.6 is 0 Å². The first-order valence-corrected chi connectivity index (χ1v) is 9.85. The van der Waals surface area contributed by atoms with Gasteiger partial charge in [0.2, 0.25) is 0 Å². The van der Waals surface area contributed by atoms with Crippen molar-refractivity contribution in [3.63, 3.8) is 0 Å². The molecule has 0 atom stereocenters. The maximum atomic E-state index is 12.9. The largest absolute Gasteiger partial charge is 0.482 e. The number of fused-ring (bicyclic) bond motifs is 1. The lowest BCUT2D eigenvalue weighted by atomic mass is 9.88. The van der Waals surface area contributed by atoms with Crippen LogP contribution in [0.5, 0.6) is 11.5 Å². The number of ether oxygens (including phenoxy) is 2. The van der Waals surface area contributed by atoms with Crippen molar-refractivity contribution >= 4 is 17.4 Å². The van der Waals surface area contributed by atoms with Crippen LogP contribution in [0.4, 0.5) is 14.5 Å². The number of nitrogens with zero attached hydrogens (tertiary/aromatic N) is 1.